The van der Waals surface area contributed by atoms with Gasteiger partial charge in [0.05, 0.1) is 22.2 Å². The fourth-order valence-electron chi connectivity index (χ4n) is 7.35. The summed E-state index contributed by atoms with van der Waals surface area (Å²) in [5.41, 5.74) is 9.20. The van der Waals surface area contributed by atoms with Gasteiger partial charge in [-0.1, -0.05) is 115 Å². The number of pyridine rings is 1. The summed E-state index contributed by atoms with van der Waals surface area (Å²) in [6.45, 7) is 0. The fourth-order valence-corrected chi connectivity index (χ4v) is 8.60. The van der Waals surface area contributed by atoms with Crippen LogP contribution in [0.4, 0.5) is 0 Å². The summed E-state index contributed by atoms with van der Waals surface area (Å²) in [5, 5.41) is 8.78. The predicted molar refractivity (Wildman–Crippen MR) is 197 cm³/mol. The lowest BCUT2D eigenvalue weighted by Crippen LogP contribution is -1.94. The van der Waals surface area contributed by atoms with Crippen molar-refractivity contribution in [2.45, 2.75) is 0 Å². The highest BCUT2D eigenvalue weighted by molar-refractivity contribution is 7.26. The van der Waals surface area contributed by atoms with E-state index < -0.39 is 0 Å². The Kier molecular flexibility index (Phi) is 5.48. The van der Waals surface area contributed by atoms with Crippen LogP contribution in [0, 0.1) is 0 Å². The minimum atomic E-state index is 1.02. The lowest BCUT2D eigenvalue weighted by Gasteiger charge is -2.15. The van der Waals surface area contributed by atoms with Crippen molar-refractivity contribution in [1.29, 1.82) is 0 Å². The molecule has 7 aromatic carbocycles. The number of para-hydroxylation sites is 3. The maximum absolute atomic E-state index is 5.31. The van der Waals surface area contributed by atoms with E-state index in [0.29, 0.717) is 0 Å². The van der Waals surface area contributed by atoms with Crippen LogP contribution < -0.4 is 0 Å². The molecule has 3 aromatic heterocycles. The third-order valence-electron chi connectivity index (χ3n) is 9.36. The van der Waals surface area contributed by atoms with E-state index >= 15 is 0 Å². The first-order valence-corrected chi connectivity index (χ1v) is 16.5. The van der Waals surface area contributed by atoms with Crippen molar-refractivity contribution in [1.82, 2.24) is 9.55 Å². The van der Waals surface area contributed by atoms with Gasteiger partial charge in [0.2, 0.25) is 0 Å². The Labute approximate surface area is 269 Å². The molecule has 0 aliphatic heterocycles. The van der Waals surface area contributed by atoms with E-state index in [2.05, 4.69) is 162 Å². The van der Waals surface area contributed by atoms with Crippen LogP contribution in [0.1, 0.15) is 0 Å². The van der Waals surface area contributed by atoms with Gasteiger partial charge in [-0.25, -0.2) is 4.98 Å². The van der Waals surface area contributed by atoms with E-state index in [0.717, 1.165) is 16.8 Å². The van der Waals surface area contributed by atoms with E-state index in [9.17, 15) is 0 Å². The van der Waals surface area contributed by atoms with Gasteiger partial charge in [0.15, 0.2) is 0 Å². The summed E-state index contributed by atoms with van der Waals surface area (Å²) in [6, 6.07) is 57.0. The van der Waals surface area contributed by atoms with Crippen molar-refractivity contribution in [3.05, 3.63) is 158 Å². The second kappa shape index (κ2) is 9.87. The van der Waals surface area contributed by atoms with Crippen LogP contribution in [0.2, 0.25) is 0 Å². The van der Waals surface area contributed by atoms with Crippen molar-refractivity contribution < 1.29 is 0 Å². The Bertz CT molecular complexity index is 2790. The maximum Gasteiger partial charge on any atom is 0.0788 e. The number of fused-ring (bicyclic) bond motifs is 10. The summed E-state index contributed by atoms with van der Waals surface area (Å²) in [4.78, 5) is 5.31. The molecule has 0 atom stereocenters. The van der Waals surface area contributed by atoms with Gasteiger partial charge in [-0.05, 0) is 48.0 Å². The Balaban J connectivity index is 1.38. The van der Waals surface area contributed by atoms with Crippen LogP contribution in [0.15, 0.2) is 158 Å². The predicted octanol–water partition coefficient (Wildman–Crippen LogP) is 12.2. The number of aromatic nitrogens is 2. The van der Waals surface area contributed by atoms with Crippen molar-refractivity contribution in [3.63, 3.8) is 0 Å². The van der Waals surface area contributed by atoms with Gasteiger partial charge in [-0.2, -0.15) is 0 Å². The summed E-state index contributed by atoms with van der Waals surface area (Å²) < 4.78 is 5.01. The topological polar surface area (TPSA) is 17.8 Å². The van der Waals surface area contributed by atoms with E-state index in [1.165, 1.54) is 75.0 Å². The fraction of sp³-hybridized carbons (Fsp3) is 0. The average molecular weight is 603 g/mol. The molecule has 3 heteroatoms. The molecule has 10 rings (SSSR count). The monoisotopic (exact) mass is 602 g/mol. The van der Waals surface area contributed by atoms with Crippen LogP contribution in [-0.4, -0.2) is 9.55 Å². The van der Waals surface area contributed by atoms with Gasteiger partial charge in [-0.3, -0.25) is 0 Å². The zero-order valence-corrected chi connectivity index (χ0v) is 25.6. The zero-order chi connectivity index (χ0) is 30.2. The van der Waals surface area contributed by atoms with E-state index in [4.69, 9.17) is 4.98 Å². The minimum Gasteiger partial charge on any atom is -0.309 e. The second-order valence-corrected chi connectivity index (χ2v) is 13.0. The second-order valence-electron chi connectivity index (χ2n) is 11.9. The summed E-state index contributed by atoms with van der Waals surface area (Å²) in [5.74, 6) is 0. The molecule has 10 aromatic rings. The third-order valence-corrected chi connectivity index (χ3v) is 10.6. The Morgan fingerprint density at radius 2 is 1.13 bits per heavy atom. The highest BCUT2D eigenvalue weighted by atomic mass is 32.1. The highest BCUT2D eigenvalue weighted by Gasteiger charge is 2.21. The van der Waals surface area contributed by atoms with Gasteiger partial charge in [0, 0.05) is 63.9 Å². The molecule has 214 valence electrons. The SMILES string of the molecule is c1ccc(-c2nc3ccccc3c3c2cc(-c2ccc4c5ccccc5n(-c5ccccc5)c4c2)c2sc4ccccc4c23)cc1. The first-order chi connectivity index (χ1) is 22.8. The molecule has 0 radical (unpaired) electrons. The number of hydrogen-bond acceptors (Lipinski definition) is 2. The largest absolute Gasteiger partial charge is 0.309 e. The molecule has 46 heavy (non-hydrogen) atoms. The minimum absolute atomic E-state index is 1.02. The molecule has 2 nitrogen and oxygen atoms in total. The van der Waals surface area contributed by atoms with Gasteiger partial charge in [0.25, 0.3) is 0 Å². The lowest BCUT2D eigenvalue weighted by molar-refractivity contribution is 1.18. The van der Waals surface area contributed by atoms with E-state index in [1.807, 2.05) is 11.3 Å². The van der Waals surface area contributed by atoms with Gasteiger partial charge >= 0.3 is 0 Å². The van der Waals surface area contributed by atoms with E-state index in [-0.39, 0.29) is 0 Å². The highest BCUT2D eigenvalue weighted by Crippen LogP contribution is 2.48. The van der Waals surface area contributed by atoms with Crippen molar-refractivity contribution in [3.8, 4) is 28.1 Å². The third kappa shape index (κ3) is 3.67. The number of nitrogens with zero attached hydrogens (tertiary/aromatic N) is 2. The smallest absolute Gasteiger partial charge is 0.0788 e. The molecule has 0 amide bonds. The molecule has 0 spiro atoms. The van der Waals surface area contributed by atoms with Crippen LogP contribution in [0.3, 0.4) is 0 Å². The molecular weight excluding hydrogens is 577 g/mol. The van der Waals surface area contributed by atoms with Crippen molar-refractivity contribution in [2.24, 2.45) is 0 Å². The number of thiophene rings is 1. The summed E-state index contributed by atoms with van der Waals surface area (Å²) in [6.07, 6.45) is 0. The van der Waals surface area contributed by atoms with E-state index in [1.54, 1.807) is 0 Å². The molecule has 0 aliphatic rings. The first kappa shape index (κ1) is 25.5. The van der Waals surface area contributed by atoms with Crippen LogP contribution >= 0.6 is 11.3 Å². The molecule has 0 saturated carbocycles. The van der Waals surface area contributed by atoms with Gasteiger partial charge < -0.3 is 4.57 Å². The number of benzene rings is 7. The molecule has 0 saturated heterocycles. The van der Waals surface area contributed by atoms with Crippen LogP contribution in [0.25, 0.3) is 91.7 Å². The van der Waals surface area contributed by atoms with Gasteiger partial charge in [0.1, 0.15) is 0 Å². The van der Waals surface area contributed by atoms with Crippen LogP contribution in [-0.2, 0) is 0 Å². The Hall–Kier alpha value is -5.77. The molecule has 0 fully saturated rings. The quantitative estimate of drug-likeness (QED) is 0.184. The first-order valence-electron chi connectivity index (χ1n) is 15.6. The molecule has 0 bridgehead atoms. The summed E-state index contributed by atoms with van der Waals surface area (Å²) in [7, 11) is 0. The lowest BCUT2D eigenvalue weighted by atomic mass is 9.92. The standard InChI is InChI=1S/C43H26N2S/c1-3-13-27(14-4-1)42-35-26-34(43-41(33-19-9-12-22-39(33)46-43)40(35)32-18-7-10-20-36(32)44-42)28-23-24-31-30-17-8-11-21-37(30)45(38(31)25-28)29-15-5-2-6-16-29/h1-26H. The maximum atomic E-state index is 5.31. The Morgan fingerprint density at radius 3 is 1.98 bits per heavy atom. The molecular formula is C43H26N2S. The van der Waals surface area contributed by atoms with Crippen LogP contribution in [0.5, 0.6) is 0 Å². The molecule has 3 heterocycles. The molecule has 0 unspecified atom stereocenters. The number of rotatable bonds is 3. The average Bonchev–Trinajstić information content (AvgIpc) is 3.67. The van der Waals surface area contributed by atoms with Gasteiger partial charge in [-0.15, -0.1) is 11.3 Å². The molecule has 0 aliphatic carbocycles. The van der Waals surface area contributed by atoms with Crippen molar-refractivity contribution in [2.75, 3.05) is 0 Å². The Morgan fingerprint density at radius 1 is 0.457 bits per heavy atom. The van der Waals surface area contributed by atoms with Crippen molar-refractivity contribution >= 4 is 75.0 Å². The summed E-state index contributed by atoms with van der Waals surface area (Å²) >= 11 is 1.89. The normalized spacial score (nSPS) is 11.9. The molecule has 0 N–H and O–H groups in total. The number of hydrogen-bond donors (Lipinski definition) is 0. The zero-order valence-electron chi connectivity index (χ0n) is 24.8.